The lowest BCUT2D eigenvalue weighted by Crippen LogP contribution is -2.16. The zero-order valence-electron chi connectivity index (χ0n) is 11.8. The Bertz CT molecular complexity index is 421. The molecule has 0 saturated carbocycles. The van der Waals surface area contributed by atoms with E-state index in [4.69, 9.17) is 10.5 Å². The number of hydrogen-bond donors (Lipinski definition) is 1. The molecule has 0 unspecified atom stereocenters. The van der Waals surface area contributed by atoms with Crippen molar-refractivity contribution in [3.63, 3.8) is 0 Å². The topological polar surface area (TPSA) is 35.2 Å². The molecule has 0 fully saturated rings. The molecule has 0 aliphatic rings. The van der Waals surface area contributed by atoms with Gasteiger partial charge in [-0.25, -0.2) is 0 Å². The van der Waals surface area contributed by atoms with Crippen LogP contribution in [0.5, 0.6) is 5.75 Å². The van der Waals surface area contributed by atoms with Gasteiger partial charge in [0.1, 0.15) is 5.75 Å². The maximum absolute atomic E-state index is 12.2. The van der Waals surface area contributed by atoms with Crippen molar-refractivity contribution in [2.24, 2.45) is 5.73 Å². The third-order valence-electron chi connectivity index (χ3n) is 3.06. The summed E-state index contributed by atoms with van der Waals surface area (Å²) in [4.78, 5) is 0. The number of nitrogens with two attached hydrogens (primary N) is 1. The van der Waals surface area contributed by atoms with Gasteiger partial charge in [-0.2, -0.15) is 13.2 Å². The van der Waals surface area contributed by atoms with E-state index in [9.17, 15) is 13.2 Å². The molecule has 2 nitrogen and oxygen atoms in total. The van der Waals surface area contributed by atoms with Crippen LogP contribution >= 0.6 is 12.4 Å². The lowest BCUT2D eigenvalue weighted by atomic mass is 9.95. The largest absolute Gasteiger partial charge is 0.496 e. The third kappa shape index (κ3) is 5.59. The van der Waals surface area contributed by atoms with Gasteiger partial charge in [0, 0.05) is 18.0 Å². The summed E-state index contributed by atoms with van der Waals surface area (Å²) in [6.07, 6.45) is -5.20. The van der Waals surface area contributed by atoms with Crippen LogP contribution in [0.3, 0.4) is 0 Å². The van der Waals surface area contributed by atoms with Crippen molar-refractivity contribution >= 4 is 12.4 Å². The molecule has 1 aromatic rings. The summed E-state index contributed by atoms with van der Waals surface area (Å²) < 4.78 is 41.9. The van der Waals surface area contributed by atoms with Crippen LogP contribution in [0, 0.1) is 0 Å². The first-order chi connectivity index (χ1) is 8.74. The van der Waals surface area contributed by atoms with Crippen LogP contribution in [-0.2, 0) is 0 Å². The maximum Gasteiger partial charge on any atom is 0.389 e. The summed E-state index contributed by atoms with van der Waals surface area (Å²) in [6, 6.07) is 4.84. The van der Waals surface area contributed by atoms with Gasteiger partial charge < -0.3 is 10.5 Å². The normalized spacial score (nSPS) is 13.0. The van der Waals surface area contributed by atoms with Crippen LogP contribution in [0.1, 0.15) is 49.8 Å². The van der Waals surface area contributed by atoms with E-state index in [0.29, 0.717) is 17.2 Å². The van der Waals surface area contributed by atoms with E-state index in [-0.39, 0.29) is 18.8 Å². The van der Waals surface area contributed by atoms with Gasteiger partial charge in [0.25, 0.3) is 0 Å². The highest BCUT2D eigenvalue weighted by atomic mass is 35.5. The molecule has 0 spiro atoms. The van der Waals surface area contributed by atoms with Crippen molar-refractivity contribution < 1.29 is 17.9 Å². The molecule has 0 heterocycles. The highest BCUT2D eigenvalue weighted by Gasteiger charge is 2.28. The molecule has 0 saturated heterocycles. The average molecular weight is 312 g/mol. The first-order valence-corrected chi connectivity index (χ1v) is 6.24. The summed E-state index contributed by atoms with van der Waals surface area (Å²) in [5, 5.41) is 0. The molecule has 1 atom stereocenters. The Kier molecular flexibility index (Phi) is 7.38. The second-order valence-corrected chi connectivity index (χ2v) is 4.92. The Morgan fingerprint density at radius 2 is 1.85 bits per heavy atom. The van der Waals surface area contributed by atoms with Crippen LogP contribution in [0.15, 0.2) is 18.2 Å². The van der Waals surface area contributed by atoms with Gasteiger partial charge in [-0.3, -0.25) is 0 Å². The predicted molar refractivity (Wildman–Crippen MR) is 76.5 cm³/mol. The summed E-state index contributed by atoms with van der Waals surface area (Å²) >= 11 is 0. The molecule has 0 radical (unpaired) electrons. The summed E-state index contributed by atoms with van der Waals surface area (Å²) in [7, 11) is 1.49. The zero-order chi connectivity index (χ0) is 14.6. The molecule has 0 bridgehead atoms. The molecule has 1 rings (SSSR count). The summed E-state index contributed by atoms with van der Waals surface area (Å²) in [6.45, 7) is 4.04. The van der Waals surface area contributed by atoms with Gasteiger partial charge in [0.2, 0.25) is 0 Å². The second kappa shape index (κ2) is 7.74. The summed E-state index contributed by atoms with van der Waals surface area (Å²) in [5.74, 6) is 0.832. The Labute approximate surface area is 123 Å². The number of alkyl halides is 3. The van der Waals surface area contributed by atoms with Crippen molar-refractivity contribution in [2.45, 2.75) is 44.8 Å². The van der Waals surface area contributed by atoms with Crippen molar-refractivity contribution in [1.82, 2.24) is 0 Å². The number of halogens is 4. The molecule has 0 aromatic heterocycles. The molecule has 0 amide bonds. The van der Waals surface area contributed by atoms with Gasteiger partial charge in [-0.1, -0.05) is 26.0 Å². The van der Waals surface area contributed by atoms with Crippen molar-refractivity contribution in [2.75, 3.05) is 7.11 Å². The fraction of sp³-hybridized carbons (Fsp3) is 0.571. The highest BCUT2D eigenvalue weighted by molar-refractivity contribution is 5.85. The SMILES string of the molecule is COc1ccc(C(C)C)cc1[C@H](N)CCC(F)(F)F.Cl. The van der Waals surface area contributed by atoms with E-state index in [2.05, 4.69) is 0 Å². The van der Waals surface area contributed by atoms with E-state index >= 15 is 0 Å². The first kappa shape index (κ1) is 19.1. The van der Waals surface area contributed by atoms with E-state index in [1.54, 1.807) is 6.07 Å². The Morgan fingerprint density at radius 3 is 2.30 bits per heavy atom. The van der Waals surface area contributed by atoms with Crippen molar-refractivity contribution in [3.8, 4) is 5.75 Å². The molecule has 116 valence electrons. The van der Waals surface area contributed by atoms with Gasteiger partial charge in [-0.15, -0.1) is 12.4 Å². The van der Waals surface area contributed by atoms with E-state index < -0.39 is 18.6 Å². The van der Waals surface area contributed by atoms with Gasteiger partial charge in [0.05, 0.1) is 7.11 Å². The Balaban J connectivity index is 0.00000361. The number of hydrogen-bond acceptors (Lipinski definition) is 2. The van der Waals surface area contributed by atoms with Gasteiger partial charge >= 0.3 is 6.18 Å². The fourth-order valence-electron chi connectivity index (χ4n) is 1.88. The highest BCUT2D eigenvalue weighted by Crippen LogP contribution is 2.32. The van der Waals surface area contributed by atoms with Crippen LogP contribution in [0.4, 0.5) is 13.2 Å². The smallest absolute Gasteiger partial charge is 0.389 e. The predicted octanol–water partition coefficient (Wildman–Crippen LogP) is 4.58. The van der Waals surface area contributed by atoms with Crippen LogP contribution in [0.2, 0.25) is 0 Å². The quantitative estimate of drug-likeness (QED) is 0.863. The average Bonchev–Trinajstić information content (AvgIpc) is 2.34. The fourth-order valence-corrected chi connectivity index (χ4v) is 1.88. The zero-order valence-corrected chi connectivity index (χ0v) is 12.6. The summed E-state index contributed by atoms with van der Waals surface area (Å²) in [5.41, 5.74) is 7.54. The van der Waals surface area contributed by atoms with Gasteiger partial charge in [-0.05, 0) is 24.0 Å². The molecule has 0 aliphatic carbocycles. The lowest BCUT2D eigenvalue weighted by Gasteiger charge is -2.18. The molecule has 1 aromatic carbocycles. The minimum absolute atomic E-state index is 0. The van der Waals surface area contributed by atoms with Crippen molar-refractivity contribution in [3.05, 3.63) is 29.3 Å². The molecule has 20 heavy (non-hydrogen) atoms. The van der Waals surface area contributed by atoms with E-state index in [1.807, 2.05) is 26.0 Å². The number of ether oxygens (including phenoxy) is 1. The molecule has 6 heteroatoms. The van der Waals surface area contributed by atoms with Crippen molar-refractivity contribution in [1.29, 1.82) is 0 Å². The minimum Gasteiger partial charge on any atom is -0.496 e. The monoisotopic (exact) mass is 311 g/mol. The first-order valence-electron chi connectivity index (χ1n) is 6.24. The van der Waals surface area contributed by atoms with Crippen LogP contribution in [0.25, 0.3) is 0 Å². The Morgan fingerprint density at radius 1 is 1.25 bits per heavy atom. The van der Waals surface area contributed by atoms with E-state index in [0.717, 1.165) is 5.56 Å². The number of rotatable bonds is 5. The molecular weight excluding hydrogens is 291 g/mol. The second-order valence-electron chi connectivity index (χ2n) is 4.92. The number of methoxy groups -OCH3 is 1. The number of benzene rings is 1. The third-order valence-corrected chi connectivity index (χ3v) is 3.06. The minimum atomic E-state index is -4.18. The van der Waals surface area contributed by atoms with Crippen LogP contribution in [-0.4, -0.2) is 13.3 Å². The van der Waals surface area contributed by atoms with Gasteiger partial charge in [0.15, 0.2) is 0 Å². The molecule has 2 N–H and O–H groups in total. The van der Waals surface area contributed by atoms with Crippen LogP contribution < -0.4 is 10.5 Å². The van der Waals surface area contributed by atoms with E-state index in [1.165, 1.54) is 7.11 Å². The maximum atomic E-state index is 12.2. The molecule has 0 aliphatic heterocycles. The molecular formula is C14H21ClF3NO. The Hall–Kier alpha value is -0.940. The standard InChI is InChI=1S/C14H20F3NO.ClH/c1-9(2)10-4-5-13(19-3)11(8-10)12(18)6-7-14(15,16)17;/h4-5,8-9,12H,6-7,18H2,1-3H3;1H/t12-;/m1./s1. The lowest BCUT2D eigenvalue weighted by molar-refractivity contribution is -0.136.